The molecule has 0 fully saturated rings. The summed E-state index contributed by atoms with van der Waals surface area (Å²) in [4.78, 5) is 11.4. The molecule has 5 heteroatoms. The molecule has 0 radical (unpaired) electrons. The maximum Gasteiger partial charge on any atom is 0.346 e. The van der Waals surface area contributed by atoms with E-state index in [9.17, 15) is 4.79 Å². The highest BCUT2D eigenvalue weighted by Crippen LogP contribution is 2.15. The number of nitrogens with two attached hydrogens (primary N) is 1. The van der Waals surface area contributed by atoms with E-state index in [2.05, 4.69) is 4.74 Å². The van der Waals surface area contributed by atoms with Crippen molar-refractivity contribution in [2.75, 3.05) is 7.11 Å². The quantitative estimate of drug-likeness (QED) is 0.633. The van der Waals surface area contributed by atoms with Crippen molar-refractivity contribution < 1.29 is 14.3 Å². The van der Waals surface area contributed by atoms with Crippen LogP contribution in [-0.4, -0.2) is 24.2 Å². The maximum atomic E-state index is 11.1. The second-order valence-corrected chi connectivity index (χ2v) is 3.62. The van der Waals surface area contributed by atoms with Crippen LogP contribution in [-0.2, 0) is 9.53 Å². The van der Waals surface area contributed by atoms with Gasteiger partial charge in [0.25, 0.3) is 0 Å². The molecule has 0 aliphatic heterocycles. The highest BCUT2D eigenvalue weighted by atomic mass is 32.1. The van der Waals surface area contributed by atoms with Gasteiger partial charge in [-0.25, -0.2) is 4.79 Å². The summed E-state index contributed by atoms with van der Waals surface area (Å²) in [6, 6.07) is 6.94. The van der Waals surface area contributed by atoms with Crippen molar-refractivity contribution in [3.63, 3.8) is 0 Å². The summed E-state index contributed by atoms with van der Waals surface area (Å²) in [5, 5.41) is 0. The second kappa shape index (κ2) is 5.46. The average molecular weight is 239 g/mol. The van der Waals surface area contributed by atoms with Crippen molar-refractivity contribution in [2.45, 2.75) is 13.0 Å². The molecule has 0 bridgehead atoms. The Morgan fingerprint density at radius 1 is 1.50 bits per heavy atom. The van der Waals surface area contributed by atoms with E-state index < -0.39 is 12.1 Å². The van der Waals surface area contributed by atoms with Gasteiger partial charge in [0.15, 0.2) is 6.10 Å². The summed E-state index contributed by atoms with van der Waals surface area (Å²) in [6.45, 7) is 1.61. The van der Waals surface area contributed by atoms with Crippen LogP contribution in [0.5, 0.6) is 5.75 Å². The van der Waals surface area contributed by atoms with E-state index in [1.807, 2.05) is 0 Å². The van der Waals surface area contributed by atoms with Crippen LogP contribution in [0.15, 0.2) is 24.3 Å². The van der Waals surface area contributed by atoms with Crippen molar-refractivity contribution in [1.82, 2.24) is 0 Å². The molecule has 1 aromatic rings. The van der Waals surface area contributed by atoms with Gasteiger partial charge in [-0.05, 0) is 19.1 Å². The molecule has 0 aliphatic carbocycles. The molecule has 1 rings (SSSR count). The maximum absolute atomic E-state index is 11.1. The molecule has 86 valence electrons. The molecule has 1 unspecified atom stereocenters. The monoisotopic (exact) mass is 239 g/mol. The summed E-state index contributed by atoms with van der Waals surface area (Å²) in [7, 11) is 1.31. The van der Waals surface area contributed by atoms with E-state index in [0.29, 0.717) is 11.3 Å². The molecule has 1 atom stereocenters. The van der Waals surface area contributed by atoms with Gasteiger partial charge in [-0.3, -0.25) is 0 Å². The van der Waals surface area contributed by atoms with E-state index in [4.69, 9.17) is 22.7 Å². The molecule has 1 aromatic carbocycles. The molecule has 2 N–H and O–H groups in total. The van der Waals surface area contributed by atoms with Gasteiger partial charge in [0.05, 0.1) is 7.11 Å². The van der Waals surface area contributed by atoms with E-state index in [0.717, 1.165) is 0 Å². The smallest absolute Gasteiger partial charge is 0.346 e. The van der Waals surface area contributed by atoms with E-state index >= 15 is 0 Å². The number of rotatable bonds is 4. The van der Waals surface area contributed by atoms with Gasteiger partial charge in [-0.2, -0.15) is 0 Å². The van der Waals surface area contributed by atoms with Gasteiger partial charge in [-0.15, -0.1) is 0 Å². The fourth-order valence-corrected chi connectivity index (χ4v) is 1.27. The number of esters is 1. The molecule has 0 saturated heterocycles. The minimum Gasteiger partial charge on any atom is -0.479 e. The Balaban J connectivity index is 2.78. The molecule has 0 aliphatic rings. The average Bonchev–Trinajstić information content (AvgIpc) is 2.28. The van der Waals surface area contributed by atoms with Crippen LogP contribution >= 0.6 is 12.2 Å². The van der Waals surface area contributed by atoms with Crippen LogP contribution in [0.2, 0.25) is 0 Å². The first-order valence-corrected chi connectivity index (χ1v) is 5.09. The van der Waals surface area contributed by atoms with Gasteiger partial charge >= 0.3 is 5.97 Å². The lowest BCUT2D eigenvalue weighted by Gasteiger charge is -2.12. The minimum absolute atomic E-state index is 0.288. The zero-order chi connectivity index (χ0) is 12.1. The SMILES string of the molecule is COC(=O)C(C)Oc1cccc(C(N)=S)c1. The molecule has 0 aromatic heterocycles. The highest BCUT2D eigenvalue weighted by Gasteiger charge is 2.14. The predicted octanol–water partition coefficient (Wildman–Crippen LogP) is 1.26. The van der Waals surface area contributed by atoms with Crippen molar-refractivity contribution >= 4 is 23.2 Å². The first-order chi connectivity index (χ1) is 7.54. The van der Waals surface area contributed by atoms with Gasteiger partial charge < -0.3 is 15.2 Å². The van der Waals surface area contributed by atoms with E-state index in [1.54, 1.807) is 31.2 Å². The van der Waals surface area contributed by atoms with Crippen LogP contribution in [0.4, 0.5) is 0 Å². The Hall–Kier alpha value is -1.62. The number of hydrogen-bond acceptors (Lipinski definition) is 4. The van der Waals surface area contributed by atoms with Gasteiger partial charge in [0.2, 0.25) is 0 Å². The fraction of sp³-hybridized carbons (Fsp3) is 0.273. The number of methoxy groups -OCH3 is 1. The molecule has 4 nitrogen and oxygen atoms in total. The summed E-state index contributed by atoms with van der Waals surface area (Å²) in [6.07, 6.45) is -0.661. The first-order valence-electron chi connectivity index (χ1n) is 4.69. The highest BCUT2D eigenvalue weighted by molar-refractivity contribution is 7.80. The molecule has 16 heavy (non-hydrogen) atoms. The Labute approximate surface area is 99.3 Å². The Bertz CT molecular complexity index is 406. The number of thiocarbonyl (C=S) groups is 1. The van der Waals surface area contributed by atoms with E-state index in [-0.39, 0.29) is 4.99 Å². The lowest BCUT2D eigenvalue weighted by molar-refractivity contribution is -0.147. The summed E-state index contributed by atoms with van der Waals surface area (Å²) in [5.41, 5.74) is 6.18. The van der Waals surface area contributed by atoms with E-state index in [1.165, 1.54) is 7.11 Å². The second-order valence-electron chi connectivity index (χ2n) is 3.18. The van der Waals surface area contributed by atoms with Crippen LogP contribution in [0.3, 0.4) is 0 Å². The third kappa shape index (κ3) is 3.20. The van der Waals surface area contributed by atoms with Gasteiger partial charge in [0.1, 0.15) is 10.7 Å². The lowest BCUT2D eigenvalue weighted by atomic mass is 10.2. The number of carbonyl (C=O) groups is 1. The molecule has 0 spiro atoms. The topological polar surface area (TPSA) is 61.5 Å². The Morgan fingerprint density at radius 3 is 2.75 bits per heavy atom. The number of benzene rings is 1. The lowest BCUT2D eigenvalue weighted by Crippen LogP contribution is -2.25. The van der Waals surface area contributed by atoms with Crippen molar-refractivity contribution in [1.29, 1.82) is 0 Å². The van der Waals surface area contributed by atoms with Crippen molar-refractivity contribution in [3.8, 4) is 5.75 Å². The third-order valence-electron chi connectivity index (χ3n) is 1.96. The minimum atomic E-state index is -0.661. The first kappa shape index (κ1) is 12.4. The largest absolute Gasteiger partial charge is 0.479 e. The predicted molar refractivity (Wildman–Crippen MR) is 64.4 cm³/mol. The normalized spacial score (nSPS) is 11.6. The third-order valence-corrected chi connectivity index (χ3v) is 2.20. The molecule has 0 heterocycles. The Kier molecular flexibility index (Phi) is 4.25. The zero-order valence-corrected chi connectivity index (χ0v) is 9.91. The molecular formula is C11H13NO3S. The summed E-state index contributed by atoms with van der Waals surface area (Å²) < 4.78 is 9.92. The van der Waals surface area contributed by atoms with Crippen LogP contribution in [0, 0.1) is 0 Å². The number of ether oxygens (including phenoxy) is 2. The Morgan fingerprint density at radius 2 is 2.19 bits per heavy atom. The summed E-state index contributed by atoms with van der Waals surface area (Å²) in [5.74, 6) is 0.101. The molecule has 0 amide bonds. The standard InChI is InChI=1S/C11H13NO3S/c1-7(11(13)14-2)15-9-5-3-4-8(6-9)10(12)16/h3-7H,1-2H3,(H2,12,16). The number of carbonyl (C=O) groups excluding carboxylic acids is 1. The van der Waals surface area contributed by atoms with Crippen LogP contribution in [0.25, 0.3) is 0 Å². The van der Waals surface area contributed by atoms with Crippen LogP contribution < -0.4 is 10.5 Å². The van der Waals surface area contributed by atoms with Gasteiger partial charge in [-0.1, -0.05) is 24.4 Å². The van der Waals surface area contributed by atoms with Crippen molar-refractivity contribution in [3.05, 3.63) is 29.8 Å². The van der Waals surface area contributed by atoms with Gasteiger partial charge in [0, 0.05) is 5.56 Å². The fourth-order valence-electron chi connectivity index (χ4n) is 1.14. The zero-order valence-electron chi connectivity index (χ0n) is 9.10. The number of hydrogen-bond donors (Lipinski definition) is 1. The molecule has 0 saturated carbocycles. The molecular weight excluding hydrogens is 226 g/mol. The van der Waals surface area contributed by atoms with Crippen molar-refractivity contribution in [2.24, 2.45) is 5.73 Å². The van der Waals surface area contributed by atoms with Crippen LogP contribution in [0.1, 0.15) is 12.5 Å². The summed E-state index contributed by atoms with van der Waals surface area (Å²) >= 11 is 4.84.